The largest absolute Gasteiger partial charge is 0.393 e. The SMILES string of the molecule is CC.CC(C)c1cccc(N2CCC(O)CC2)n1. The molecular weight excluding hydrogens is 224 g/mol. The first-order chi connectivity index (χ1) is 8.66. The summed E-state index contributed by atoms with van der Waals surface area (Å²) in [4.78, 5) is 6.93. The molecule has 2 rings (SSSR count). The van der Waals surface area contributed by atoms with Crippen molar-refractivity contribution in [1.82, 2.24) is 4.98 Å². The zero-order chi connectivity index (χ0) is 13.5. The Kier molecular flexibility index (Phi) is 6.13. The first-order valence-corrected chi connectivity index (χ1v) is 7.07. The van der Waals surface area contributed by atoms with Crippen LogP contribution in [0.5, 0.6) is 0 Å². The van der Waals surface area contributed by atoms with Crippen LogP contribution in [0.2, 0.25) is 0 Å². The van der Waals surface area contributed by atoms with Gasteiger partial charge in [0, 0.05) is 18.8 Å². The molecule has 0 saturated carbocycles. The highest BCUT2D eigenvalue weighted by Crippen LogP contribution is 2.20. The zero-order valence-corrected chi connectivity index (χ0v) is 12.1. The minimum atomic E-state index is -0.121. The summed E-state index contributed by atoms with van der Waals surface area (Å²) < 4.78 is 0. The number of hydrogen-bond acceptors (Lipinski definition) is 3. The van der Waals surface area contributed by atoms with Crippen LogP contribution in [0.3, 0.4) is 0 Å². The molecule has 1 N–H and O–H groups in total. The van der Waals surface area contributed by atoms with E-state index >= 15 is 0 Å². The van der Waals surface area contributed by atoms with Crippen molar-refractivity contribution in [2.24, 2.45) is 0 Å². The summed E-state index contributed by atoms with van der Waals surface area (Å²) in [6.45, 7) is 10.1. The lowest BCUT2D eigenvalue weighted by atomic mass is 10.1. The van der Waals surface area contributed by atoms with Gasteiger partial charge in [0.05, 0.1) is 6.10 Å². The highest BCUT2D eigenvalue weighted by Gasteiger charge is 2.18. The maximum Gasteiger partial charge on any atom is 0.128 e. The number of aromatic nitrogens is 1. The van der Waals surface area contributed by atoms with Crippen molar-refractivity contribution in [3.8, 4) is 0 Å². The Balaban J connectivity index is 0.000000771. The number of nitrogens with zero attached hydrogens (tertiary/aromatic N) is 2. The van der Waals surface area contributed by atoms with Gasteiger partial charge in [-0.1, -0.05) is 33.8 Å². The third-order valence-corrected chi connectivity index (χ3v) is 3.14. The molecule has 1 aliphatic rings. The molecule has 0 unspecified atom stereocenters. The predicted octanol–water partition coefficient (Wildman–Crippen LogP) is 3.19. The lowest BCUT2D eigenvalue weighted by molar-refractivity contribution is 0.145. The van der Waals surface area contributed by atoms with Crippen molar-refractivity contribution >= 4 is 5.82 Å². The molecule has 0 aromatic carbocycles. The lowest BCUT2D eigenvalue weighted by Crippen LogP contribution is -2.36. The molecule has 1 saturated heterocycles. The molecule has 1 aromatic rings. The molecule has 0 aliphatic carbocycles. The summed E-state index contributed by atoms with van der Waals surface area (Å²) in [5.41, 5.74) is 1.14. The maximum atomic E-state index is 9.47. The van der Waals surface area contributed by atoms with Crippen molar-refractivity contribution < 1.29 is 5.11 Å². The number of rotatable bonds is 2. The number of pyridine rings is 1. The van der Waals surface area contributed by atoms with Crippen LogP contribution in [0, 0.1) is 0 Å². The molecule has 0 amide bonds. The average Bonchev–Trinajstić information content (AvgIpc) is 2.42. The van der Waals surface area contributed by atoms with E-state index in [0.29, 0.717) is 5.92 Å². The second-order valence-corrected chi connectivity index (χ2v) is 4.79. The van der Waals surface area contributed by atoms with Crippen molar-refractivity contribution in [1.29, 1.82) is 0 Å². The molecule has 0 bridgehead atoms. The third kappa shape index (κ3) is 3.98. The van der Waals surface area contributed by atoms with Crippen LogP contribution in [0.25, 0.3) is 0 Å². The summed E-state index contributed by atoms with van der Waals surface area (Å²) in [7, 11) is 0. The topological polar surface area (TPSA) is 36.4 Å². The molecule has 0 atom stereocenters. The Morgan fingerprint density at radius 1 is 1.22 bits per heavy atom. The van der Waals surface area contributed by atoms with Crippen molar-refractivity contribution in [3.05, 3.63) is 23.9 Å². The first-order valence-electron chi connectivity index (χ1n) is 7.07. The van der Waals surface area contributed by atoms with E-state index in [2.05, 4.69) is 41.9 Å². The Labute approximate surface area is 111 Å². The van der Waals surface area contributed by atoms with Gasteiger partial charge in [0.1, 0.15) is 5.82 Å². The quantitative estimate of drug-likeness (QED) is 0.875. The Morgan fingerprint density at radius 3 is 2.39 bits per heavy atom. The highest BCUT2D eigenvalue weighted by atomic mass is 16.3. The lowest BCUT2D eigenvalue weighted by Gasteiger charge is -2.30. The van der Waals surface area contributed by atoms with Crippen LogP contribution in [-0.4, -0.2) is 29.3 Å². The normalized spacial score (nSPS) is 16.4. The van der Waals surface area contributed by atoms with Crippen molar-refractivity contribution in [2.75, 3.05) is 18.0 Å². The predicted molar refractivity (Wildman–Crippen MR) is 77.1 cm³/mol. The van der Waals surface area contributed by atoms with Gasteiger partial charge < -0.3 is 10.0 Å². The fraction of sp³-hybridized carbons (Fsp3) is 0.667. The van der Waals surface area contributed by atoms with Gasteiger partial charge in [0.2, 0.25) is 0 Å². The van der Waals surface area contributed by atoms with E-state index in [9.17, 15) is 5.11 Å². The van der Waals surface area contributed by atoms with Crippen molar-refractivity contribution in [3.63, 3.8) is 0 Å². The van der Waals surface area contributed by atoms with Gasteiger partial charge >= 0.3 is 0 Å². The molecular formula is C15H26N2O. The van der Waals surface area contributed by atoms with E-state index in [1.165, 1.54) is 0 Å². The summed E-state index contributed by atoms with van der Waals surface area (Å²) in [6.07, 6.45) is 1.59. The molecule has 102 valence electrons. The number of anilines is 1. The third-order valence-electron chi connectivity index (χ3n) is 3.14. The molecule has 1 fully saturated rings. The van der Waals surface area contributed by atoms with Gasteiger partial charge in [-0.3, -0.25) is 0 Å². The van der Waals surface area contributed by atoms with Crippen molar-refractivity contribution in [2.45, 2.75) is 52.6 Å². The van der Waals surface area contributed by atoms with Gasteiger partial charge in [-0.15, -0.1) is 0 Å². The van der Waals surface area contributed by atoms with E-state index in [0.717, 1.165) is 37.4 Å². The van der Waals surface area contributed by atoms with Crippen LogP contribution in [0.1, 0.15) is 52.1 Å². The fourth-order valence-electron chi connectivity index (χ4n) is 2.03. The fourth-order valence-corrected chi connectivity index (χ4v) is 2.03. The molecule has 0 radical (unpaired) electrons. The van der Waals surface area contributed by atoms with E-state index < -0.39 is 0 Å². The van der Waals surface area contributed by atoms with Gasteiger partial charge in [-0.25, -0.2) is 4.98 Å². The molecule has 2 heterocycles. The van der Waals surface area contributed by atoms with E-state index in [1.54, 1.807) is 0 Å². The van der Waals surface area contributed by atoms with Crippen LogP contribution in [0.15, 0.2) is 18.2 Å². The molecule has 18 heavy (non-hydrogen) atoms. The van der Waals surface area contributed by atoms with E-state index in [4.69, 9.17) is 0 Å². The Morgan fingerprint density at radius 2 is 1.83 bits per heavy atom. The minimum absolute atomic E-state index is 0.121. The van der Waals surface area contributed by atoms with Gasteiger partial charge in [-0.2, -0.15) is 0 Å². The van der Waals surface area contributed by atoms with Gasteiger partial charge in [0.15, 0.2) is 0 Å². The smallest absolute Gasteiger partial charge is 0.128 e. The standard InChI is InChI=1S/C13H20N2O.C2H6/c1-10(2)12-4-3-5-13(14-12)15-8-6-11(16)7-9-15;1-2/h3-5,10-11,16H,6-9H2,1-2H3;1-2H3. The van der Waals surface area contributed by atoms with E-state index in [1.807, 2.05) is 13.8 Å². The average molecular weight is 250 g/mol. The number of piperidine rings is 1. The minimum Gasteiger partial charge on any atom is -0.393 e. The molecule has 0 spiro atoms. The Bertz CT molecular complexity index is 344. The number of aliphatic hydroxyl groups excluding tert-OH is 1. The zero-order valence-electron chi connectivity index (χ0n) is 12.1. The second-order valence-electron chi connectivity index (χ2n) is 4.79. The van der Waals surface area contributed by atoms with Crippen LogP contribution >= 0.6 is 0 Å². The summed E-state index contributed by atoms with van der Waals surface area (Å²) >= 11 is 0. The van der Waals surface area contributed by atoms with Crippen LogP contribution < -0.4 is 4.90 Å². The van der Waals surface area contributed by atoms with Crippen LogP contribution in [0.4, 0.5) is 5.82 Å². The van der Waals surface area contributed by atoms with Crippen LogP contribution in [-0.2, 0) is 0 Å². The summed E-state index contributed by atoms with van der Waals surface area (Å²) in [6, 6.07) is 6.21. The maximum absolute atomic E-state index is 9.47. The van der Waals surface area contributed by atoms with E-state index in [-0.39, 0.29) is 6.10 Å². The Hall–Kier alpha value is -1.09. The molecule has 3 nitrogen and oxygen atoms in total. The monoisotopic (exact) mass is 250 g/mol. The molecule has 1 aromatic heterocycles. The summed E-state index contributed by atoms with van der Waals surface area (Å²) in [5.74, 6) is 1.52. The van der Waals surface area contributed by atoms with Gasteiger partial charge in [0.25, 0.3) is 0 Å². The number of hydrogen-bond donors (Lipinski definition) is 1. The molecule has 1 aliphatic heterocycles. The first kappa shape index (κ1) is 15.0. The second kappa shape index (κ2) is 7.37. The summed E-state index contributed by atoms with van der Waals surface area (Å²) in [5, 5.41) is 9.47. The molecule has 3 heteroatoms. The number of aliphatic hydroxyl groups is 1. The van der Waals surface area contributed by atoms with Gasteiger partial charge in [-0.05, 0) is 30.9 Å². The highest BCUT2D eigenvalue weighted by molar-refractivity contribution is 5.40.